The van der Waals surface area contributed by atoms with Gasteiger partial charge in [-0.3, -0.25) is 4.72 Å². The first-order valence-corrected chi connectivity index (χ1v) is 8.66. The van der Waals surface area contributed by atoms with Gasteiger partial charge in [-0.05, 0) is 28.1 Å². The van der Waals surface area contributed by atoms with Crippen molar-refractivity contribution in [2.24, 2.45) is 0 Å². The number of hydrogen-bond acceptors (Lipinski definition) is 5. The molecule has 114 valence electrons. The molecule has 0 saturated carbocycles. The van der Waals surface area contributed by atoms with Gasteiger partial charge in [-0.1, -0.05) is 0 Å². The molecule has 0 spiro atoms. The quantitative estimate of drug-likeness (QED) is 0.841. The molecule has 5 nitrogen and oxygen atoms in total. The van der Waals surface area contributed by atoms with Crippen LogP contribution in [-0.2, 0) is 10.0 Å². The fraction of sp³-hybridized carbons (Fsp3) is 0.167. The van der Waals surface area contributed by atoms with E-state index in [4.69, 9.17) is 9.47 Å². The van der Waals surface area contributed by atoms with Crippen molar-refractivity contribution in [3.63, 3.8) is 0 Å². The molecule has 9 heteroatoms. The van der Waals surface area contributed by atoms with Crippen LogP contribution in [0.3, 0.4) is 0 Å². The van der Waals surface area contributed by atoms with Crippen molar-refractivity contribution < 1.29 is 22.3 Å². The third kappa shape index (κ3) is 3.47. The van der Waals surface area contributed by atoms with Crippen LogP contribution in [0, 0.1) is 5.82 Å². The first kappa shape index (κ1) is 16.1. The highest BCUT2D eigenvalue weighted by Gasteiger charge is 2.20. The second kappa shape index (κ2) is 6.20. The molecule has 0 saturated heterocycles. The minimum Gasteiger partial charge on any atom is -0.493 e. The van der Waals surface area contributed by atoms with Gasteiger partial charge in [0.15, 0.2) is 17.3 Å². The van der Waals surface area contributed by atoms with Gasteiger partial charge < -0.3 is 9.47 Å². The molecule has 0 amide bonds. The molecule has 21 heavy (non-hydrogen) atoms. The zero-order valence-electron chi connectivity index (χ0n) is 11.0. The second-order valence-corrected chi connectivity index (χ2v) is 8.22. The van der Waals surface area contributed by atoms with Gasteiger partial charge in [-0.2, -0.15) is 0 Å². The smallest absolute Gasteiger partial charge is 0.271 e. The van der Waals surface area contributed by atoms with Gasteiger partial charge in [0.1, 0.15) is 4.21 Å². The zero-order chi connectivity index (χ0) is 15.6. The molecular weight excluding hydrogens is 385 g/mol. The van der Waals surface area contributed by atoms with Gasteiger partial charge in [-0.15, -0.1) is 11.3 Å². The average molecular weight is 396 g/mol. The van der Waals surface area contributed by atoms with Gasteiger partial charge in [0.25, 0.3) is 10.0 Å². The van der Waals surface area contributed by atoms with Crippen molar-refractivity contribution >= 4 is 43.0 Å². The van der Waals surface area contributed by atoms with Gasteiger partial charge in [0.2, 0.25) is 0 Å². The van der Waals surface area contributed by atoms with E-state index in [0.29, 0.717) is 3.79 Å². The summed E-state index contributed by atoms with van der Waals surface area (Å²) >= 11 is 4.21. The molecule has 0 aliphatic rings. The van der Waals surface area contributed by atoms with E-state index in [2.05, 4.69) is 20.7 Å². The Balaban J connectivity index is 2.39. The molecule has 1 heterocycles. The van der Waals surface area contributed by atoms with Gasteiger partial charge in [0, 0.05) is 12.1 Å². The summed E-state index contributed by atoms with van der Waals surface area (Å²) in [6.07, 6.45) is 0. The number of sulfonamides is 1. The van der Waals surface area contributed by atoms with Crippen LogP contribution in [0.5, 0.6) is 11.5 Å². The van der Waals surface area contributed by atoms with Gasteiger partial charge in [-0.25, -0.2) is 12.8 Å². The largest absolute Gasteiger partial charge is 0.493 e. The van der Waals surface area contributed by atoms with E-state index in [-0.39, 0.29) is 21.4 Å². The molecular formula is C12H11BrFNO4S2. The highest BCUT2D eigenvalue weighted by molar-refractivity contribution is 9.11. The van der Waals surface area contributed by atoms with Crippen molar-refractivity contribution in [2.75, 3.05) is 18.9 Å². The first-order chi connectivity index (χ1) is 9.87. The zero-order valence-corrected chi connectivity index (χ0v) is 14.2. The van der Waals surface area contributed by atoms with E-state index in [1.54, 1.807) is 6.07 Å². The maximum Gasteiger partial charge on any atom is 0.271 e. The molecule has 0 fully saturated rings. The van der Waals surface area contributed by atoms with Crippen LogP contribution in [0.4, 0.5) is 10.1 Å². The topological polar surface area (TPSA) is 64.6 Å². The number of halogens is 2. The number of methoxy groups -OCH3 is 2. The summed E-state index contributed by atoms with van der Waals surface area (Å²) in [5.41, 5.74) is -0.211. The Morgan fingerprint density at radius 1 is 1.19 bits per heavy atom. The number of ether oxygens (including phenoxy) is 2. The molecule has 1 aromatic heterocycles. The number of benzene rings is 1. The fourth-order valence-corrected chi connectivity index (χ4v) is 4.64. The van der Waals surface area contributed by atoms with Crippen LogP contribution in [0.15, 0.2) is 32.3 Å². The van der Waals surface area contributed by atoms with Crippen molar-refractivity contribution in [2.45, 2.75) is 4.21 Å². The highest BCUT2D eigenvalue weighted by atomic mass is 79.9. The summed E-state index contributed by atoms with van der Waals surface area (Å²) in [7, 11) is -1.11. The lowest BCUT2D eigenvalue weighted by molar-refractivity contribution is 0.353. The van der Waals surface area contributed by atoms with E-state index >= 15 is 0 Å². The van der Waals surface area contributed by atoms with Crippen molar-refractivity contribution in [3.05, 3.63) is 33.9 Å². The molecule has 0 bridgehead atoms. The van der Waals surface area contributed by atoms with E-state index < -0.39 is 15.8 Å². The summed E-state index contributed by atoms with van der Waals surface area (Å²) in [5, 5.41) is 0. The van der Waals surface area contributed by atoms with Gasteiger partial charge in [0.05, 0.1) is 23.7 Å². The molecule has 0 unspecified atom stereocenters. The minimum atomic E-state index is -3.86. The van der Waals surface area contributed by atoms with Crippen LogP contribution in [0.25, 0.3) is 0 Å². The predicted molar refractivity (Wildman–Crippen MR) is 82.3 cm³/mol. The third-order valence-electron chi connectivity index (χ3n) is 2.53. The third-order valence-corrected chi connectivity index (χ3v) is 6.01. The van der Waals surface area contributed by atoms with Crippen LogP contribution >= 0.6 is 27.3 Å². The number of thiophene rings is 1. The van der Waals surface area contributed by atoms with Crippen LogP contribution in [-0.4, -0.2) is 22.6 Å². The van der Waals surface area contributed by atoms with Gasteiger partial charge >= 0.3 is 0 Å². The summed E-state index contributed by atoms with van der Waals surface area (Å²) in [6.45, 7) is 0. The summed E-state index contributed by atoms with van der Waals surface area (Å²) < 4.78 is 51.2. The Morgan fingerprint density at radius 2 is 1.81 bits per heavy atom. The predicted octanol–water partition coefficient (Wildman–Crippen LogP) is 3.47. The molecule has 0 atom stereocenters. The number of rotatable bonds is 5. The fourth-order valence-electron chi connectivity index (χ4n) is 1.57. The summed E-state index contributed by atoms with van der Waals surface area (Å²) in [4.78, 5) is 0. The van der Waals surface area contributed by atoms with Crippen molar-refractivity contribution in [1.29, 1.82) is 0 Å². The normalized spacial score (nSPS) is 11.2. The van der Waals surface area contributed by atoms with E-state index in [9.17, 15) is 12.8 Å². The Hall–Kier alpha value is -1.32. The molecule has 1 N–H and O–H groups in total. The SMILES string of the molecule is COc1cc(F)c(NS(=O)(=O)c2ccc(Br)s2)cc1OC. The Bertz CT molecular complexity index is 761. The lowest BCUT2D eigenvalue weighted by atomic mass is 10.2. The molecule has 0 aliphatic heterocycles. The molecule has 0 aliphatic carbocycles. The minimum absolute atomic E-state index is 0.0727. The Labute approximate surface area is 133 Å². The standard InChI is InChI=1S/C12H11BrFNO4S2/c1-18-9-5-7(14)8(6-10(9)19-2)15-21(16,17)12-4-3-11(13)20-12/h3-6,15H,1-2H3. The maximum atomic E-state index is 13.9. The number of anilines is 1. The molecule has 0 radical (unpaired) electrons. The molecule has 2 rings (SSSR count). The lowest BCUT2D eigenvalue weighted by Crippen LogP contribution is -2.13. The number of nitrogens with one attached hydrogen (secondary N) is 1. The van der Waals surface area contributed by atoms with Crippen LogP contribution < -0.4 is 14.2 Å². The first-order valence-electron chi connectivity index (χ1n) is 5.57. The maximum absolute atomic E-state index is 13.9. The van der Waals surface area contributed by atoms with E-state index in [0.717, 1.165) is 17.4 Å². The summed E-state index contributed by atoms with van der Waals surface area (Å²) in [6, 6.07) is 5.31. The number of hydrogen-bond donors (Lipinski definition) is 1. The lowest BCUT2D eigenvalue weighted by Gasteiger charge is -2.12. The molecule has 1 aromatic carbocycles. The van der Waals surface area contributed by atoms with E-state index in [1.165, 1.54) is 26.4 Å². The van der Waals surface area contributed by atoms with Crippen molar-refractivity contribution in [3.8, 4) is 11.5 Å². The Morgan fingerprint density at radius 3 is 2.33 bits per heavy atom. The van der Waals surface area contributed by atoms with E-state index in [1.807, 2.05) is 0 Å². The summed E-state index contributed by atoms with van der Waals surface area (Å²) in [5.74, 6) is -0.354. The van der Waals surface area contributed by atoms with Crippen LogP contribution in [0.2, 0.25) is 0 Å². The van der Waals surface area contributed by atoms with Crippen LogP contribution in [0.1, 0.15) is 0 Å². The monoisotopic (exact) mass is 395 g/mol. The average Bonchev–Trinajstić information content (AvgIpc) is 2.88. The Kier molecular flexibility index (Phi) is 4.74. The second-order valence-electron chi connectivity index (χ2n) is 3.85. The highest BCUT2D eigenvalue weighted by Crippen LogP contribution is 2.34. The molecule has 2 aromatic rings. The van der Waals surface area contributed by atoms with Crippen molar-refractivity contribution in [1.82, 2.24) is 0 Å².